The minimum atomic E-state index is -4.57. The molecule has 0 atom stereocenters. The molecule has 0 spiro atoms. The van der Waals surface area contributed by atoms with Gasteiger partial charge >= 0.3 is 19.5 Å². The molecule has 1 aliphatic rings. The van der Waals surface area contributed by atoms with Gasteiger partial charge in [0, 0.05) is 30.8 Å². The van der Waals surface area contributed by atoms with Crippen LogP contribution in [0.2, 0.25) is 0 Å². The van der Waals surface area contributed by atoms with E-state index in [1.165, 1.54) is 6.07 Å². The summed E-state index contributed by atoms with van der Waals surface area (Å²) in [6.45, 7) is -0.197. The van der Waals surface area contributed by atoms with Gasteiger partial charge in [0.1, 0.15) is 5.58 Å². The van der Waals surface area contributed by atoms with Gasteiger partial charge in [0.15, 0.2) is 0 Å². The molecule has 0 radical (unpaired) electrons. The molecular formula is C18H19N2O10P. The lowest BCUT2D eigenvalue weighted by Gasteiger charge is -2.13. The highest BCUT2D eigenvalue weighted by molar-refractivity contribution is 7.46. The first-order valence-electron chi connectivity index (χ1n) is 9.20. The van der Waals surface area contributed by atoms with E-state index in [0.29, 0.717) is 33.6 Å². The summed E-state index contributed by atoms with van der Waals surface area (Å²) >= 11 is 0. The Kier molecular flexibility index (Phi) is 6.86. The Labute approximate surface area is 174 Å². The fraction of sp³-hybridized carbons (Fsp3) is 0.333. The molecule has 1 aromatic heterocycles. The summed E-state index contributed by atoms with van der Waals surface area (Å²) < 4.78 is 20.3. The first-order valence-corrected chi connectivity index (χ1v) is 10.7. The Hall–Kier alpha value is -3.05. The minimum absolute atomic E-state index is 0.00484. The van der Waals surface area contributed by atoms with Gasteiger partial charge in [-0.3, -0.25) is 14.1 Å². The van der Waals surface area contributed by atoms with Crippen LogP contribution in [-0.4, -0.2) is 39.4 Å². The normalized spacial score (nSPS) is 14.3. The Morgan fingerprint density at radius 2 is 1.87 bits per heavy atom. The van der Waals surface area contributed by atoms with Crippen LogP contribution in [0.3, 0.4) is 0 Å². The van der Waals surface area contributed by atoms with Gasteiger partial charge < -0.3 is 24.4 Å². The van der Waals surface area contributed by atoms with Crippen molar-refractivity contribution in [1.29, 1.82) is 0 Å². The number of hydrogen-bond acceptors (Lipinski definition) is 8. The third-order valence-corrected chi connectivity index (χ3v) is 4.88. The highest BCUT2D eigenvalue weighted by Crippen LogP contribution is 2.35. The first-order chi connectivity index (χ1) is 14.6. The number of amides is 3. The van der Waals surface area contributed by atoms with Crippen LogP contribution in [0.15, 0.2) is 33.5 Å². The number of benzene rings is 1. The fourth-order valence-corrected chi connectivity index (χ4v) is 3.35. The molecule has 1 fully saturated rings. The summed E-state index contributed by atoms with van der Waals surface area (Å²) in [5, 5.41) is 3.44. The fourth-order valence-electron chi connectivity index (χ4n) is 2.99. The second-order valence-electron chi connectivity index (χ2n) is 6.66. The zero-order valence-corrected chi connectivity index (χ0v) is 17.0. The number of nitrogens with zero attached hydrogens (tertiary/aromatic N) is 1. The Balaban J connectivity index is 1.66. The van der Waals surface area contributed by atoms with Crippen molar-refractivity contribution in [2.24, 2.45) is 0 Å². The van der Waals surface area contributed by atoms with Crippen LogP contribution < -0.4 is 10.9 Å². The van der Waals surface area contributed by atoms with Gasteiger partial charge in [-0.05, 0) is 36.1 Å². The van der Waals surface area contributed by atoms with E-state index in [4.69, 9.17) is 19.0 Å². The van der Waals surface area contributed by atoms with E-state index in [2.05, 4.69) is 9.84 Å². The van der Waals surface area contributed by atoms with Crippen LogP contribution in [0.1, 0.15) is 30.4 Å². The Morgan fingerprint density at radius 3 is 2.55 bits per heavy atom. The zero-order chi connectivity index (χ0) is 22.6. The zero-order valence-electron chi connectivity index (χ0n) is 16.1. The van der Waals surface area contributed by atoms with Gasteiger partial charge in [-0.2, -0.15) is 0 Å². The second kappa shape index (κ2) is 9.40. The van der Waals surface area contributed by atoms with Crippen LogP contribution in [-0.2, 0) is 36.5 Å². The Morgan fingerprint density at radius 1 is 1.16 bits per heavy atom. The van der Waals surface area contributed by atoms with Gasteiger partial charge in [-0.15, -0.1) is 5.06 Å². The number of carbonyl (C=O) groups is 3. The van der Waals surface area contributed by atoms with Crippen LogP contribution >= 0.6 is 7.82 Å². The number of phosphoric ester groups is 1. The van der Waals surface area contributed by atoms with E-state index >= 15 is 0 Å². The predicted octanol–water partition coefficient (Wildman–Crippen LogP) is 1.13. The molecule has 12 nitrogen and oxygen atoms in total. The molecule has 13 heteroatoms. The summed E-state index contributed by atoms with van der Waals surface area (Å²) in [5.74, 6) is -1.18. The molecule has 0 saturated carbocycles. The highest BCUT2D eigenvalue weighted by Gasteiger charge is 2.32. The molecular weight excluding hydrogens is 435 g/mol. The first kappa shape index (κ1) is 22.6. The number of phosphoric acid groups is 1. The van der Waals surface area contributed by atoms with Crippen molar-refractivity contribution in [1.82, 2.24) is 10.4 Å². The molecule has 3 N–H and O–H groups in total. The number of aryl methyl sites for hydroxylation is 1. The van der Waals surface area contributed by atoms with E-state index in [9.17, 15) is 23.7 Å². The van der Waals surface area contributed by atoms with E-state index < -0.39 is 31.4 Å². The summed E-state index contributed by atoms with van der Waals surface area (Å²) in [7, 11) is -4.57. The van der Waals surface area contributed by atoms with Crippen molar-refractivity contribution < 1.29 is 42.5 Å². The minimum Gasteiger partial charge on any atom is -0.423 e. The summed E-state index contributed by atoms with van der Waals surface area (Å²) in [5.41, 5.74) is 0.925. The summed E-state index contributed by atoms with van der Waals surface area (Å²) in [4.78, 5) is 68.8. The van der Waals surface area contributed by atoms with E-state index in [0.717, 1.165) is 0 Å². The molecule has 3 rings (SSSR count). The van der Waals surface area contributed by atoms with Crippen molar-refractivity contribution in [3.63, 3.8) is 0 Å². The van der Waals surface area contributed by atoms with E-state index in [1.54, 1.807) is 18.2 Å². The molecule has 31 heavy (non-hydrogen) atoms. The molecule has 1 aliphatic heterocycles. The average molecular weight is 454 g/mol. The molecule has 1 aromatic carbocycles. The van der Waals surface area contributed by atoms with Gasteiger partial charge in [0.05, 0.1) is 6.61 Å². The van der Waals surface area contributed by atoms with Crippen LogP contribution in [0.4, 0.5) is 4.79 Å². The van der Waals surface area contributed by atoms with Crippen molar-refractivity contribution >= 4 is 36.7 Å². The molecule has 1 saturated heterocycles. The number of nitrogens with one attached hydrogen (secondary N) is 1. The van der Waals surface area contributed by atoms with E-state index in [1.807, 2.05) is 0 Å². The third kappa shape index (κ3) is 6.22. The average Bonchev–Trinajstić information content (AvgIpc) is 3.01. The highest BCUT2D eigenvalue weighted by atomic mass is 31.2. The molecule has 2 heterocycles. The SMILES string of the molecule is O=C(NCc1ccc2oc(=O)cc(CCCOP(=O)(O)O)c2c1)ON1C(=O)CCC1=O. The number of rotatable bonds is 8. The van der Waals surface area contributed by atoms with Gasteiger partial charge in [0.2, 0.25) is 0 Å². The maximum atomic E-state index is 11.9. The van der Waals surface area contributed by atoms with Crippen molar-refractivity contribution in [3.8, 4) is 0 Å². The molecule has 0 unspecified atom stereocenters. The second-order valence-corrected chi connectivity index (χ2v) is 7.90. The smallest absolute Gasteiger partial charge is 0.423 e. The van der Waals surface area contributed by atoms with Gasteiger partial charge in [-0.25, -0.2) is 14.2 Å². The number of imide groups is 1. The number of hydroxylamine groups is 2. The third-order valence-electron chi connectivity index (χ3n) is 4.36. The monoisotopic (exact) mass is 454 g/mol. The lowest BCUT2D eigenvalue weighted by molar-refractivity contribution is -0.171. The lowest BCUT2D eigenvalue weighted by atomic mass is 10.0. The maximum Gasteiger partial charge on any atom is 0.469 e. The van der Waals surface area contributed by atoms with Gasteiger partial charge in [0.25, 0.3) is 11.8 Å². The van der Waals surface area contributed by atoms with Crippen LogP contribution in [0, 0.1) is 0 Å². The van der Waals surface area contributed by atoms with E-state index in [-0.39, 0.29) is 32.4 Å². The Bertz CT molecular complexity index is 1110. The van der Waals surface area contributed by atoms with Gasteiger partial charge in [-0.1, -0.05) is 6.07 Å². The standard InChI is InChI=1S/C18H19N2O10P/c21-15-5-6-16(22)20(15)30-18(24)19-10-11-3-4-14-13(8-11)12(9-17(23)29-14)2-1-7-28-31(25,26)27/h3-4,8-9H,1-2,5-7,10H2,(H,19,24)(H2,25,26,27). The van der Waals surface area contributed by atoms with Crippen molar-refractivity contribution in [3.05, 3.63) is 45.8 Å². The molecule has 0 bridgehead atoms. The number of fused-ring (bicyclic) bond motifs is 1. The van der Waals surface area contributed by atoms with Crippen LogP contribution in [0.25, 0.3) is 11.0 Å². The summed E-state index contributed by atoms with van der Waals surface area (Å²) in [6, 6.07) is 6.10. The quantitative estimate of drug-likeness (QED) is 0.227. The molecule has 3 amide bonds. The van der Waals surface area contributed by atoms with Crippen molar-refractivity contribution in [2.75, 3.05) is 6.61 Å². The molecule has 0 aliphatic carbocycles. The largest absolute Gasteiger partial charge is 0.469 e. The predicted molar refractivity (Wildman–Crippen MR) is 103 cm³/mol. The van der Waals surface area contributed by atoms with Crippen molar-refractivity contribution in [2.45, 2.75) is 32.2 Å². The molecule has 2 aromatic rings. The lowest BCUT2D eigenvalue weighted by Crippen LogP contribution is -2.36. The topological polar surface area (TPSA) is 173 Å². The molecule has 166 valence electrons. The number of carbonyl (C=O) groups excluding carboxylic acids is 3. The van der Waals surface area contributed by atoms with Crippen LogP contribution in [0.5, 0.6) is 0 Å². The summed E-state index contributed by atoms with van der Waals surface area (Å²) in [6.07, 6.45) is -0.456. The maximum absolute atomic E-state index is 11.9. The number of hydrogen-bond donors (Lipinski definition) is 3.